The molecule has 0 radical (unpaired) electrons. The van der Waals surface area contributed by atoms with Crippen molar-refractivity contribution < 1.29 is 33.0 Å². The number of hydrogen-bond donors (Lipinski definition) is 2. The number of benzene rings is 2. The Hall–Kier alpha value is -3.79. The third kappa shape index (κ3) is 6.66. The maximum atomic E-state index is 14.0. The summed E-state index contributed by atoms with van der Waals surface area (Å²) in [7, 11) is 0. The van der Waals surface area contributed by atoms with Gasteiger partial charge in [0.25, 0.3) is 0 Å². The Morgan fingerprint density at radius 1 is 1.06 bits per heavy atom. The van der Waals surface area contributed by atoms with E-state index in [1.807, 2.05) is 30.3 Å². The van der Waals surface area contributed by atoms with Crippen molar-refractivity contribution in [3.05, 3.63) is 83.1 Å². The van der Waals surface area contributed by atoms with Gasteiger partial charge in [0.05, 0.1) is 18.8 Å². The molecule has 10 heteroatoms. The smallest absolute Gasteiger partial charge is 0.356 e. The zero-order valence-electron chi connectivity index (χ0n) is 19.5. The van der Waals surface area contributed by atoms with E-state index in [1.165, 1.54) is 6.07 Å². The predicted molar refractivity (Wildman–Crippen MR) is 125 cm³/mol. The summed E-state index contributed by atoms with van der Waals surface area (Å²) in [5.74, 6) is -3.22. The van der Waals surface area contributed by atoms with Crippen molar-refractivity contribution >= 4 is 11.9 Å². The minimum atomic E-state index is -1.30. The average molecular weight is 500 g/mol. The molecule has 0 spiro atoms. The van der Waals surface area contributed by atoms with Gasteiger partial charge in [-0.15, -0.1) is 0 Å². The van der Waals surface area contributed by atoms with Crippen LogP contribution < -0.4 is 10.1 Å². The van der Waals surface area contributed by atoms with Crippen molar-refractivity contribution in [1.29, 1.82) is 0 Å². The molecule has 2 N–H and O–H groups in total. The molecule has 36 heavy (non-hydrogen) atoms. The molecule has 1 amide bonds. The number of ether oxygens (including phenoxy) is 2. The number of carboxylic acid groups (broad SMARTS) is 1. The van der Waals surface area contributed by atoms with E-state index in [1.54, 1.807) is 0 Å². The number of hydrogen-bond acceptors (Lipinski definition) is 5. The first kappa shape index (κ1) is 25.3. The molecule has 190 valence electrons. The number of aromatic carboxylic acids is 1. The van der Waals surface area contributed by atoms with Crippen molar-refractivity contribution in [3.8, 4) is 5.88 Å². The lowest BCUT2D eigenvalue weighted by atomic mass is 9.92. The summed E-state index contributed by atoms with van der Waals surface area (Å²) in [4.78, 5) is 24.3. The molecule has 1 saturated carbocycles. The molecule has 2 unspecified atom stereocenters. The van der Waals surface area contributed by atoms with Gasteiger partial charge < -0.3 is 19.9 Å². The van der Waals surface area contributed by atoms with Crippen molar-refractivity contribution in [2.45, 2.75) is 57.6 Å². The molecule has 1 aliphatic carbocycles. The fourth-order valence-corrected chi connectivity index (χ4v) is 4.15. The SMILES string of the molecule is O=C(Cn1nc(C(=O)O)cc1OCc1ccc(F)cc1F)NC1CCCCC1OCc1ccccc1. The molecule has 2 atom stereocenters. The molecule has 0 bridgehead atoms. The maximum Gasteiger partial charge on any atom is 0.356 e. The standard InChI is InChI=1S/C26H27F2N3O5/c27-19-11-10-18(20(28)12-19)16-36-25-13-22(26(33)34)30-31(25)14-24(32)29-21-8-4-5-9-23(21)35-15-17-6-2-1-3-7-17/h1-3,6-7,10-13,21,23H,4-5,8-9,14-16H2,(H,29,32)(H,33,34). The maximum absolute atomic E-state index is 14.0. The lowest BCUT2D eigenvalue weighted by molar-refractivity contribution is -0.124. The van der Waals surface area contributed by atoms with Gasteiger partial charge >= 0.3 is 5.97 Å². The first-order valence-electron chi connectivity index (χ1n) is 11.7. The Morgan fingerprint density at radius 2 is 1.83 bits per heavy atom. The van der Waals surface area contributed by atoms with Gasteiger partial charge in [0.1, 0.15) is 24.8 Å². The number of nitrogens with one attached hydrogen (secondary N) is 1. The Bertz CT molecular complexity index is 1200. The second-order valence-electron chi connectivity index (χ2n) is 8.65. The largest absolute Gasteiger partial charge is 0.476 e. The number of halogens is 2. The summed E-state index contributed by atoms with van der Waals surface area (Å²) >= 11 is 0. The molecule has 4 rings (SSSR count). The number of rotatable bonds is 10. The first-order valence-corrected chi connectivity index (χ1v) is 11.7. The lowest BCUT2D eigenvalue weighted by Gasteiger charge is -2.32. The summed E-state index contributed by atoms with van der Waals surface area (Å²) in [6.07, 6.45) is 3.40. The minimum Gasteiger partial charge on any atom is -0.476 e. The van der Waals surface area contributed by atoms with Gasteiger partial charge in [-0.25, -0.2) is 18.3 Å². The Morgan fingerprint density at radius 3 is 2.58 bits per heavy atom. The summed E-state index contributed by atoms with van der Waals surface area (Å²) in [6, 6.07) is 13.8. The van der Waals surface area contributed by atoms with E-state index in [9.17, 15) is 23.5 Å². The third-order valence-corrected chi connectivity index (χ3v) is 6.00. The number of aromatic nitrogens is 2. The number of carbonyl (C=O) groups excluding carboxylic acids is 1. The van der Waals surface area contributed by atoms with Crippen LogP contribution in [0, 0.1) is 11.6 Å². The van der Waals surface area contributed by atoms with Crippen LogP contribution in [-0.4, -0.2) is 38.9 Å². The molecular formula is C26H27F2N3O5. The molecule has 1 aromatic heterocycles. The highest BCUT2D eigenvalue weighted by Crippen LogP contribution is 2.23. The Balaban J connectivity index is 1.40. The zero-order valence-corrected chi connectivity index (χ0v) is 19.5. The second-order valence-corrected chi connectivity index (χ2v) is 8.65. The molecule has 2 aromatic carbocycles. The minimum absolute atomic E-state index is 0.0215. The number of nitrogens with zero attached hydrogens (tertiary/aromatic N) is 2. The number of carboxylic acids is 1. The first-order chi connectivity index (χ1) is 17.4. The molecule has 3 aromatic rings. The fourth-order valence-electron chi connectivity index (χ4n) is 4.15. The van der Waals surface area contributed by atoms with Gasteiger partial charge in [0, 0.05) is 17.7 Å². The van der Waals surface area contributed by atoms with E-state index in [4.69, 9.17) is 9.47 Å². The molecule has 8 nitrogen and oxygen atoms in total. The van der Waals surface area contributed by atoms with Crippen LogP contribution >= 0.6 is 0 Å². The summed E-state index contributed by atoms with van der Waals surface area (Å²) < 4.78 is 39.9. The van der Waals surface area contributed by atoms with E-state index in [0.29, 0.717) is 6.61 Å². The average Bonchev–Trinajstić information content (AvgIpc) is 3.26. The summed E-state index contributed by atoms with van der Waals surface area (Å²) in [5.41, 5.74) is 0.801. The fraction of sp³-hybridized carbons (Fsp3) is 0.346. The van der Waals surface area contributed by atoms with Crippen LogP contribution in [-0.2, 0) is 29.3 Å². The molecule has 1 fully saturated rings. The van der Waals surface area contributed by atoms with Crippen LogP contribution in [0.25, 0.3) is 0 Å². The summed E-state index contributed by atoms with van der Waals surface area (Å²) in [5, 5.41) is 16.2. The van der Waals surface area contributed by atoms with E-state index < -0.39 is 17.6 Å². The quantitative estimate of drug-likeness (QED) is 0.436. The lowest BCUT2D eigenvalue weighted by Crippen LogP contribution is -2.47. The highest BCUT2D eigenvalue weighted by Gasteiger charge is 2.28. The normalized spacial score (nSPS) is 17.5. The molecule has 1 aliphatic rings. The van der Waals surface area contributed by atoms with E-state index in [0.717, 1.165) is 54.1 Å². The number of amides is 1. The van der Waals surface area contributed by atoms with E-state index in [2.05, 4.69) is 10.4 Å². The van der Waals surface area contributed by atoms with Crippen LogP contribution in [0.5, 0.6) is 5.88 Å². The van der Waals surface area contributed by atoms with Crippen molar-refractivity contribution in [1.82, 2.24) is 15.1 Å². The van der Waals surface area contributed by atoms with E-state index in [-0.39, 0.29) is 48.3 Å². The Labute approximate surface area is 206 Å². The second kappa shape index (κ2) is 11.8. The van der Waals surface area contributed by atoms with Gasteiger partial charge in [0.2, 0.25) is 11.8 Å². The van der Waals surface area contributed by atoms with Crippen LogP contribution in [0.3, 0.4) is 0 Å². The van der Waals surface area contributed by atoms with Crippen LogP contribution in [0.1, 0.15) is 47.3 Å². The van der Waals surface area contributed by atoms with Gasteiger partial charge in [-0.3, -0.25) is 4.79 Å². The molecule has 1 heterocycles. The molecular weight excluding hydrogens is 472 g/mol. The topological polar surface area (TPSA) is 103 Å². The monoisotopic (exact) mass is 499 g/mol. The van der Waals surface area contributed by atoms with Crippen LogP contribution in [0.15, 0.2) is 54.6 Å². The zero-order chi connectivity index (χ0) is 25.5. The van der Waals surface area contributed by atoms with E-state index >= 15 is 0 Å². The molecule has 0 saturated heterocycles. The van der Waals surface area contributed by atoms with Crippen LogP contribution in [0.2, 0.25) is 0 Å². The summed E-state index contributed by atoms with van der Waals surface area (Å²) in [6.45, 7) is -0.149. The van der Waals surface area contributed by atoms with Crippen LogP contribution in [0.4, 0.5) is 8.78 Å². The Kier molecular flexibility index (Phi) is 8.27. The highest BCUT2D eigenvalue weighted by atomic mass is 19.1. The van der Waals surface area contributed by atoms with Gasteiger partial charge in [-0.05, 0) is 30.5 Å². The number of carbonyl (C=O) groups is 2. The van der Waals surface area contributed by atoms with Crippen molar-refractivity contribution in [2.75, 3.05) is 0 Å². The molecule has 0 aliphatic heterocycles. The van der Waals surface area contributed by atoms with Gasteiger partial charge in [0.15, 0.2) is 5.69 Å². The van der Waals surface area contributed by atoms with Gasteiger partial charge in [-0.2, -0.15) is 5.10 Å². The highest BCUT2D eigenvalue weighted by molar-refractivity contribution is 5.85. The third-order valence-electron chi connectivity index (χ3n) is 6.00. The predicted octanol–water partition coefficient (Wildman–Crippen LogP) is 4.08. The van der Waals surface area contributed by atoms with Crippen molar-refractivity contribution in [2.24, 2.45) is 0 Å². The van der Waals surface area contributed by atoms with Crippen molar-refractivity contribution in [3.63, 3.8) is 0 Å². The van der Waals surface area contributed by atoms with Gasteiger partial charge in [-0.1, -0.05) is 43.2 Å².